The van der Waals surface area contributed by atoms with E-state index in [-0.39, 0.29) is 56.7 Å². The number of carbonyl (C=O) groups is 4. The maximum Gasteiger partial charge on any atom is 0.305 e. The first-order valence-corrected chi connectivity index (χ1v) is 14.5. The average Bonchev–Trinajstić information content (AvgIpc) is 3.50. The number of nitrogens with one attached hydrogen (secondary N) is 2. The topological polar surface area (TPSA) is 138 Å². The molecule has 1 fully saturated rings. The number of aryl methyl sites for hydroxylation is 1. The van der Waals surface area contributed by atoms with E-state index in [0.29, 0.717) is 6.42 Å². The Hall–Kier alpha value is -3.31. The smallest absolute Gasteiger partial charge is 0.305 e. The van der Waals surface area contributed by atoms with Crippen LogP contribution in [0.1, 0.15) is 64.6 Å². The molecule has 2 aromatic rings. The Morgan fingerprint density at radius 1 is 1.18 bits per heavy atom. The predicted molar refractivity (Wildman–Crippen MR) is 152 cm³/mol. The van der Waals surface area contributed by atoms with Crippen LogP contribution in [0.3, 0.4) is 0 Å². The van der Waals surface area contributed by atoms with Gasteiger partial charge in [0.25, 0.3) is 0 Å². The first kappa shape index (κ1) is 31.2. The Morgan fingerprint density at radius 2 is 1.88 bits per heavy atom. The maximum atomic E-state index is 13.6. The van der Waals surface area contributed by atoms with Crippen molar-refractivity contribution in [3.8, 4) is 10.4 Å². The van der Waals surface area contributed by atoms with Crippen LogP contribution in [0.4, 0.5) is 0 Å². The van der Waals surface area contributed by atoms with Crippen molar-refractivity contribution in [3.05, 3.63) is 41.0 Å². The molecule has 0 radical (unpaired) electrons. The fraction of sp³-hybridized carbons (Fsp3) is 0.552. The van der Waals surface area contributed by atoms with E-state index in [2.05, 4.69) is 15.6 Å². The van der Waals surface area contributed by atoms with Crippen LogP contribution in [0.2, 0.25) is 0 Å². The summed E-state index contributed by atoms with van der Waals surface area (Å²) in [5.74, 6) is -1.52. The Labute approximate surface area is 239 Å². The van der Waals surface area contributed by atoms with E-state index in [1.807, 2.05) is 57.5 Å². The highest BCUT2D eigenvalue weighted by molar-refractivity contribution is 7.13. The molecule has 0 unspecified atom stereocenters. The number of esters is 1. The molecular weight excluding hydrogens is 532 g/mol. The van der Waals surface area contributed by atoms with Crippen molar-refractivity contribution < 1.29 is 29.0 Å². The van der Waals surface area contributed by atoms with Gasteiger partial charge in [-0.15, -0.1) is 11.3 Å². The van der Waals surface area contributed by atoms with Crippen molar-refractivity contribution in [2.24, 2.45) is 5.41 Å². The minimum atomic E-state index is -0.911. The van der Waals surface area contributed by atoms with Crippen LogP contribution in [0.15, 0.2) is 29.8 Å². The molecule has 2 heterocycles. The molecule has 1 aliphatic heterocycles. The lowest BCUT2D eigenvalue weighted by atomic mass is 9.85. The summed E-state index contributed by atoms with van der Waals surface area (Å²) in [6.45, 7) is 9.72. The van der Waals surface area contributed by atoms with Crippen molar-refractivity contribution in [1.82, 2.24) is 20.5 Å². The minimum Gasteiger partial charge on any atom is -0.466 e. The number of benzene rings is 1. The molecule has 1 aliphatic rings. The zero-order valence-electron chi connectivity index (χ0n) is 23.9. The largest absolute Gasteiger partial charge is 0.466 e. The third-order valence-electron chi connectivity index (χ3n) is 6.80. The van der Waals surface area contributed by atoms with E-state index < -0.39 is 29.5 Å². The van der Waals surface area contributed by atoms with Crippen LogP contribution in [-0.4, -0.2) is 70.0 Å². The van der Waals surface area contributed by atoms with E-state index in [1.165, 1.54) is 4.90 Å². The lowest BCUT2D eigenvalue weighted by Crippen LogP contribution is -2.57. The summed E-state index contributed by atoms with van der Waals surface area (Å²) in [6, 6.07) is 6.09. The number of aliphatic hydroxyl groups is 1. The molecule has 0 aliphatic carbocycles. The van der Waals surface area contributed by atoms with Gasteiger partial charge in [0.2, 0.25) is 17.7 Å². The Morgan fingerprint density at radius 3 is 2.48 bits per heavy atom. The van der Waals surface area contributed by atoms with Gasteiger partial charge in [-0.05, 0) is 36.8 Å². The lowest BCUT2D eigenvalue weighted by molar-refractivity contribution is -0.144. The third kappa shape index (κ3) is 8.34. The molecule has 218 valence electrons. The van der Waals surface area contributed by atoms with Gasteiger partial charge in [0.15, 0.2) is 0 Å². The van der Waals surface area contributed by atoms with Crippen LogP contribution in [0, 0.1) is 12.3 Å². The lowest BCUT2D eigenvalue weighted by Gasteiger charge is -2.35. The molecule has 1 aromatic heterocycles. The molecule has 0 bridgehead atoms. The van der Waals surface area contributed by atoms with E-state index >= 15 is 0 Å². The molecule has 3 amide bonds. The summed E-state index contributed by atoms with van der Waals surface area (Å²) >= 11 is 1.57. The van der Waals surface area contributed by atoms with Gasteiger partial charge in [0.05, 0.1) is 28.8 Å². The van der Waals surface area contributed by atoms with Gasteiger partial charge in [-0.1, -0.05) is 45.0 Å². The molecule has 3 atom stereocenters. The fourth-order valence-corrected chi connectivity index (χ4v) is 5.45. The zero-order valence-corrected chi connectivity index (χ0v) is 24.7. The predicted octanol–water partition coefficient (Wildman–Crippen LogP) is 2.96. The molecule has 1 saturated heterocycles. The fourth-order valence-electron chi connectivity index (χ4n) is 4.64. The summed E-state index contributed by atoms with van der Waals surface area (Å²) in [5, 5.41) is 16.1. The summed E-state index contributed by atoms with van der Waals surface area (Å²) in [4.78, 5) is 57.8. The van der Waals surface area contributed by atoms with Gasteiger partial charge < -0.3 is 25.4 Å². The van der Waals surface area contributed by atoms with Crippen molar-refractivity contribution in [2.45, 2.75) is 85.0 Å². The molecule has 40 heavy (non-hydrogen) atoms. The third-order valence-corrected chi connectivity index (χ3v) is 7.78. The number of ether oxygens (including phenoxy) is 1. The molecule has 10 nitrogen and oxygen atoms in total. The number of hydrogen-bond donors (Lipinski definition) is 3. The van der Waals surface area contributed by atoms with Gasteiger partial charge in [-0.25, -0.2) is 4.98 Å². The average molecular weight is 573 g/mol. The van der Waals surface area contributed by atoms with E-state index in [0.717, 1.165) is 21.7 Å². The normalized spacial score (nSPS) is 17.8. The first-order chi connectivity index (χ1) is 18.9. The summed E-state index contributed by atoms with van der Waals surface area (Å²) in [5.41, 5.74) is 4.09. The number of likely N-dealkylation sites (tertiary alicyclic amines) is 1. The van der Waals surface area contributed by atoms with E-state index in [1.54, 1.807) is 18.3 Å². The van der Waals surface area contributed by atoms with E-state index in [4.69, 9.17) is 4.74 Å². The molecule has 3 N–H and O–H groups in total. The van der Waals surface area contributed by atoms with Gasteiger partial charge in [0, 0.05) is 32.4 Å². The summed E-state index contributed by atoms with van der Waals surface area (Å²) < 4.78 is 4.89. The molecular formula is C29H40N4O6S. The van der Waals surface area contributed by atoms with Gasteiger partial charge >= 0.3 is 5.97 Å². The highest BCUT2D eigenvalue weighted by atomic mass is 32.1. The molecule has 11 heteroatoms. The van der Waals surface area contributed by atoms with Crippen molar-refractivity contribution in [3.63, 3.8) is 0 Å². The van der Waals surface area contributed by atoms with Crippen molar-refractivity contribution >= 4 is 35.0 Å². The van der Waals surface area contributed by atoms with Crippen LogP contribution >= 0.6 is 11.3 Å². The van der Waals surface area contributed by atoms with Gasteiger partial charge in [0.1, 0.15) is 12.1 Å². The highest BCUT2D eigenvalue weighted by Crippen LogP contribution is 2.28. The van der Waals surface area contributed by atoms with Crippen molar-refractivity contribution in [1.29, 1.82) is 0 Å². The number of nitrogens with zero attached hydrogens (tertiary/aromatic N) is 2. The Bertz CT molecular complexity index is 1190. The Balaban J connectivity index is 1.62. The first-order valence-electron chi connectivity index (χ1n) is 13.6. The number of rotatable bonds is 11. The molecule has 3 rings (SSSR count). The quantitative estimate of drug-likeness (QED) is 0.352. The second-order valence-corrected chi connectivity index (χ2v) is 12.0. The molecule has 0 spiro atoms. The van der Waals surface area contributed by atoms with Gasteiger partial charge in [-0.2, -0.15) is 0 Å². The number of hydrogen-bond acceptors (Lipinski definition) is 8. The number of thiazole rings is 1. The minimum absolute atomic E-state index is 0.00509. The van der Waals surface area contributed by atoms with Crippen LogP contribution in [0.25, 0.3) is 10.4 Å². The molecule has 0 saturated carbocycles. The second kappa shape index (κ2) is 13.8. The number of amides is 3. The maximum absolute atomic E-state index is 13.6. The monoisotopic (exact) mass is 572 g/mol. The Kier molecular flexibility index (Phi) is 10.8. The highest BCUT2D eigenvalue weighted by Gasteiger charge is 2.44. The standard InChI is InChI=1S/C29H40N4O6S/c1-6-39-24(36)9-7-8-23(35)32-26(29(3,4)5)28(38)33-16-21(34)14-22(33)27(37)30-15-19-10-12-20(13-11-19)25-18(2)31-17-40-25/h10-13,17,21-22,26,34H,6-9,14-16H2,1-5H3,(H,30,37)(H,32,35)/t21-,22+,26-/m1/s1. The number of aliphatic hydroxyl groups excluding tert-OH is 1. The number of carbonyl (C=O) groups excluding carboxylic acids is 4. The number of β-amino-alcohol motifs (C(OH)–C–C–N with tert-alkyl or cyclic N) is 1. The van der Waals surface area contributed by atoms with Crippen LogP contribution < -0.4 is 10.6 Å². The van der Waals surface area contributed by atoms with Crippen molar-refractivity contribution in [2.75, 3.05) is 13.2 Å². The number of aromatic nitrogens is 1. The van der Waals surface area contributed by atoms with Crippen LogP contribution in [0.5, 0.6) is 0 Å². The molecule has 1 aromatic carbocycles. The second-order valence-electron chi connectivity index (χ2n) is 11.1. The zero-order chi connectivity index (χ0) is 29.4. The van der Waals surface area contributed by atoms with Crippen LogP contribution in [-0.2, 0) is 30.5 Å². The SMILES string of the molecule is CCOC(=O)CCCC(=O)N[C@H](C(=O)N1C[C@H](O)C[C@H]1C(=O)NCc1ccc(-c2scnc2C)cc1)C(C)(C)C. The van der Waals surface area contributed by atoms with Gasteiger partial charge in [-0.3, -0.25) is 19.2 Å². The van der Waals surface area contributed by atoms with E-state index in [9.17, 15) is 24.3 Å². The summed E-state index contributed by atoms with van der Waals surface area (Å²) in [6.07, 6.45) is -0.252. The summed E-state index contributed by atoms with van der Waals surface area (Å²) in [7, 11) is 0.